The van der Waals surface area contributed by atoms with Crippen LogP contribution in [0.5, 0.6) is 11.5 Å². The van der Waals surface area contributed by atoms with Gasteiger partial charge in [-0.1, -0.05) is 42.5 Å². The van der Waals surface area contributed by atoms with Crippen molar-refractivity contribution in [1.82, 2.24) is 0 Å². The van der Waals surface area contributed by atoms with Crippen molar-refractivity contribution in [2.45, 2.75) is 0 Å². The Hall–Kier alpha value is -4.00. The summed E-state index contributed by atoms with van der Waals surface area (Å²) in [6.45, 7) is 0.875. The molecule has 0 spiro atoms. The molecule has 0 radical (unpaired) electrons. The molecule has 0 heterocycles. The van der Waals surface area contributed by atoms with E-state index >= 15 is 0 Å². The van der Waals surface area contributed by atoms with Gasteiger partial charge in [-0.15, -0.1) is 0 Å². The second kappa shape index (κ2) is 10.7. The van der Waals surface area contributed by atoms with Crippen LogP contribution >= 0.6 is 0 Å². The van der Waals surface area contributed by atoms with Gasteiger partial charge >= 0.3 is 11.9 Å². The Morgan fingerprint density at radius 1 is 0.645 bits per heavy atom. The molecule has 0 unspecified atom stereocenters. The van der Waals surface area contributed by atoms with Gasteiger partial charge in [0.15, 0.2) is 0 Å². The molecule has 0 saturated carbocycles. The summed E-state index contributed by atoms with van der Waals surface area (Å²) in [5.41, 5.74) is 1.08. The molecule has 7 heteroatoms. The number of rotatable bonds is 9. The molecule has 0 aliphatic heterocycles. The molecule has 0 bridgehead atoms. The third-order valence-electron chi connectivity index (χ3n) is 4.56. The minimum absolute atomic E-state index is 0.0789. The molecule has 31 heavy (non-hydrogen) atoms. The van der Waals surface area contributed by atoms with Gasteiger partial charge in [-0.25, -0.2) is 9.59 Å². The monoisotopic (exact) mass is 421 g/mol. The zero-order chi connectivity index (χ0) is 22.1. The maximum absolute atomic E-state index is 12.2. The van der Waals surface area contributed by atoms with Gasteiger partial charge < -0.3 is 24.6 Å². The summed E-state index contributed by atoms with van der Waals surface area (Å²) in [4.78, 5) is 26.3. The zero-order valence-electron chi connectivity index (χ0n) is 16.8. The van der Waals surface area contributed by atoms with E-state index in [0.717, 1.165) is 5.69 Å². The van der Waals surface area contributed by atoms with E-state index in [2.05, 4.69) is 0 Å². The van der Waals surface area contributed by atoms with Crippen molar-refractivity contribution in [3.63, 3.8) is 0 Å². The summed E-state index contributed by atoms with van der Waals surface area (Å²) in [6, 6.07) is 21.8. The first-order valence-corrected chi connectivity index (χ1v) is 9.76. The van der Waals surface area contributed by atoms with E-state index in [0.29, 0.717) is 13.1 Å². The number of carbonyl (C=O) groups is 2. The van der Waals surface area contributed by atoms with Crippen molar-refractivity contribution in [2.75, 3.05) is 31.2 Å². The first-order valence-electron chi connectivity index (χ1n) is 9.76. The van der Waals surface area contributed by atoms with Gasteiger partial charge in [0.25, 0.3) is 0 Å². The molecule has 0 aliphatic carbocycles. The molecule has 160 valence electrons. The normalized spacial score (nSPS) is 10.3. The van der Waals surface area contributed by atoms with E-state index in [1.54, 1.807) is 24.3 Å². The largest absolute Gasteiger partial charge is 0.507 e. The van der Waals surface area contributed by atoms with Gasteiger partial charge in [0.1, 0.15) is 35.8 Å². The average Bonchev–Trinajstić information content (AvgIpc) is 2.79. The fraction of sp³-hybridized carbons (Fsp3) is 0.167. The SMILES string of the molecule is O=C(OCCN(CCOC(=O)c1ccccc1O)c1ccccc1)c1ccccc1O. The lowest BCUT2D eigenvalue weighted by Gasteiger charge is -2.24. The van der Waals surface area contributed by atoms with Gasteiger partial charge in [-0.3, -0.25) is 0 Å². The minimum Gasteiger partial charge on any atom is -0.507 e. The lowest BCUT2D eigenvalue weighted by atomic mass is 10.2. The highest BCUT2D eigenvalue weighted by Gasteiger charge is 2.15. The van der Waals surface area contributed by atoms with E-state index in [4.69, 9.17) is 9.47 Å². The molecular weight excluding hydrogens is 398 g/mol. The molecule has 0 saturated heterocycles. The molecule has 0 fully saturated rings. The van der Waals surface area contributed by atoms with Crippen LogP contribution in [-0.4, -0.2) is 48.5 Å². The number of nitrogens with zero attached hydrogens (tertiary/aromatic N) is 1. The Labute approximate surface area is 180 Å². The van der Waals surface area contributed by atoms with Gasteiger partial charge in [0, 0.05) is 5.69 Å². The van der Waals surface area contributed by atoms with Crippen LogP contribution in [0.25, 0.3) is 0 Å². The number of carbonyl (C=O) groups excluding carboxylic acids is 2. The van der Waals surface area contributed by atoms with E-state index in [1.165, 1.54) is 24.3 Å². The summed E-state index contributed by atoms with van der Waals surface area (Å²) < 4.78 is 10.6. The quantitative estimate of drug-likeness (QED) is 0.510. The number of hydrogen-bond acceptors (Lipinski definition) is 7. The first-order chi connectivity index (χ1) is 15.1. The summed E-state index contributed by atoms with van der Waals surface area (Å²) in [5.74, 6) is -1.50. The lowest BCUT2D eigenvalue weighted by molar-refractivity contribution is 0.0501. The molecule has 3 rings (SSSR count). The molecule has 3 aromatic rings. The number of aromatic hydroxyl groups is 2. The van der Waals surface area contributed by atoms with Gasteiger partial charge in [0.05, 0.1) is 13.1 Å². The third kappa shape index (κ3) is 5.99. The van der Waals surface area contributed by atoms with Crippen LogP contribution in [0.3, 0.4) is 0 Å². The lowest BCUT2D eigenvalue weighted by Crippen LogP contribution is -2.32. The Morgan fingerprint density at radius 2 is 1.06 bits per heavy atom. The van der Waals surface area contributed by atoms with Crippen LogP contribution in [0.15, 0.2) is 78.9 Å². The first kappa shape index (κ1) is 21.7. The molecule has 0 aliphatic rings. The third-order valence-corrected chi connectivity index (χ3v) is 4.56. The van der Waals surface area contributed by atoms with Crippen LogP contribution in [0.4, 0.5) is 5.69 Å². The van der Waals surface area contributed by atoms with Crippen LogP contribution in [0.1, 0.15) is 20.7 Å². The number of hydrogen-bond donors (Lipinski definition) is 2. The predicted octanol–water partition coefficient (Wildman–Crippen LogP) is 3.62. The number of para-hydroxylation sites is 3. The summed E-state index contributed by atoms with van der Waals surface area (Å²) in [5, 5.41) is 19.5. The Bertz CT molecular complexity index is 958. The predicted molar refractivity (Wildman–Crippen MR) is 115 cm³/mol. The number of esters is 2. The number of ether oxygens (including phenoxy) is 2. The molecule has 0 atom stereocenters. The minimum atomic E-state index is -0.614. The smallest absolute Gasteiger partial charge is 0.341 e. The summed E-state index contributed by atoms with van der Waals surface area (Å²) in [7, 11) is 0. The van der Waals surface area contributed by atoms with Crippen LogP contribution in [0, 0.1) is 0 Å². The number of phenols is 2. The average molecular weight is 421 g/mol. The Balaban J connectivity index is 1.56. The van der Waals surface area contributed by atoms with Crippen LogP contribution in [-0.2, 0) is 9.47 Å². The molecule has 7 nitrogen and oxygen atoms in total. The van der Waals surface area contributed by atoms with E-state index in [-0.39, 0.29) is 35.8 Å². The van der Waals surface area contributed by atoms with E-state index in [9.17, 15) is 19.8 Å². The van der Waals surface area contributed by atoms with Crippen LogP contribution < -0.4 is 4.90 Å². The van der Waals surface area contributed by atoms with Crippen molar-refractivity contribution in [1.29, 1.82) is 0 Å². The van der Waals surface area contributed by atoms with Crippen molar-refractivity contribution >= 4 is 17.6 Å². The van der Waals surface area contributed by atoms with E-state index in [1.807, 2.05) is 35.2 Å². The highest BCUT2D eigenvalue weighted by molar-refractivity contribution is 5.92. The second-order valence-electron chi connectivity index (χ2n) is 6.63. The summed E-state index contributed by atoms with van der Waals surface area (Å²) >= 11 is 0. The van der Waals surface area contributed by atoms with Crippen molar-refractivity contribution in [3.05, 3.63) is 90.0 Å². The van der Waals surface area contributed by atoms with Crippen molar-refractivity contribution in [3.8, 4) is 11.5 Å². The van der Waals surface area contributed by atoms with Gasteiger partial charge in [0.2, 0.25) is 0 Å². The summed E-state index contributed by atoms with van der Waals surface area (Å²) in [6.07, 6.45) is 0. The molecule has 0 amide bonds. The molecule has 3 aromatic carbocycles. The van der Waals surface area contributed by atoms with Crippen molar-refractivity contribution in [2.24, 2.45) is 0 Å². The molecular formula is C24H23NO6. The topological polar surface area (TPSA) is 96.3 Å². The number of phenolic OH excluding ortho intramolecular Hbond substituents is 2. The standard InChI is InChI=1S/C24H23NO6/c26-21-12-6-4-10-19(21)23(28)30-16-14-25(18-8-2-1-3-9-18)15-17-31-24(29)20-11-5-7-13-22(20)27/h1-13,26-27H,14-17H2. The maximum Gasteiger partial charge on any atom is 0.341 e. The maximum atomic E-state index is 12.2. The number of anilines is 1. The fourth-order valence-corrected chi connectivity index (χ4v) is 2.95. The van der Waals surface area contributed by atoms with Gasteiger partial charge in [-0.05, 0) is 36.4 Å². The van der Waals surface area contributed by atoms with Gasteiger partial charge in [-0.2, -0.15) is 0 Å². The Kier molecular flexibility index (Phi) is 7.48. The molecule has 2 N–H and O–H groups in total. The van der Waals surface area contributed by atoms with E-state index < -0.39 is 11.9 Å². The second-order valence-corrected chi connectivity index (χ2v) is 6.63. The highest BCUT2D eigenvalue weighted by Crippen LogP contribution is 2.18. The van der Waals surface area contributed by atoms with Crippen LogP contribution in [0.2, 0.25) is 0 Å². The van der Waals surface area contributed by atoms with Crippen molar-refractivity contribution < 1.29 is 29.3 Å². The number of benzene rings is 3. The highest BCUT2D eigenvalue weighted by atomic mass is 16.5. The fourth-order valence-electron chi connectivity index (χ4n) is 2.95. The molecule has 0 aromatic heterocycles. The Morgan fingerprint density at radius 3 is 1.52 bits per heavy atom. The zero-order valence-corrected chi connectivity index (χ0v) is 16.8.